The normalized spacial score (nSPS) is 17.1. The molecule has 1 heterocycles. The molecule has 1 fully saturated rings. The molecule has 4 heteroatoms. The van der Waals surface area contributed by atoms with Gasteiger partial charge in [0, 0.05) is 17.6 Å². The Morgan fingerprint density at radius 2 is 1.72 bits per heavy atom. The quantitative estimate of drug-likeness (QED) is 0.767. The summed E-state index contributed by atoms with van der Waals surface area (Å²) < 4.78 is 14.4. The second-order valence-electron chi connectivity index (χ2n) is 4.68. The van der Waals surface area contributed by atoms with E-state index in [1.54, 1.807) is 17.0 Å². The van der Waals surface area contributed by atoms with Gasteiger partial charge >= 0.3 is 0 Å². The second kappa shape index (κ2) is 6.32. The van der Waals surface area contributed by atoms with Gasteiger partial charge in [-0.1, -0.05) is 35.2 Å². The van der Waals surface area contributed by atoms with E-state index < -0.39 is 5.82 Å². The molecule has 0 radical (unpaired) electrons. The molecular weight excluding hydrogens is 297 g/mol. The molecule has 0 aromatic heterocycles. The number of halogens is 2. The lowest BCUT2D eigenvalue weighted by molar-refractivity contribution is 0.0737. The highest BCUT2D eigenvalue weighted by molar-refractivity contribution is 9.10. The largest absolute Gasteiger partial charge is 0.339 e. The van der Waals surface area contributed by atoms with Gasteiger partial charge in [0.15, 0.2) is 0 Å². The Labute approximate surface area is 115 Å². The van der Waals surface area contributed by atoms with Gasteiger partial charge in [0.2, 0.25) is 0 Å². The van der Waals surface area contributed by atoms with Crippen LogP contribution >= 0.6 is 15.9 Å². The van der Waals surface area contributed by atoms with Crippen LogP contribution in [-0.4, -0.2) is 23.9 Å². The van der Waals surface area contributed by atoms with E-state index in [0.717, 1.165) is 43.2 Å². The Hall–Kier alpha value is -0.900. The van der Waals surface area contributed by atoms with Crippen LogP contribution in [-0.2, 0) is 0 Å². The van der Waals surface area contributed by atoms with Gasteiger partial charge in [-0.3, -0.25) is 4.79 Å². The molecule has 0 bridgehead atoms. The van der Waals surface area contributed by atoms with Crippen LogP contribution in [0.25, 0.3) is 0 Å². The van der Waals surface area contributed by atoms with Crippen LogP contribution in [0.4, 0.5) is 4.39 Å². The number of carbonyl (C=O) groups excluding carboxylic acids is 1. The molecule has 2 rings (SSSR count). The van der Waals surface area contributed by atoms with Crippen LogP contribution in [0.5, 0.6) is 0 Å². The van der Waals surface area contributed by atoms with Crippen LogP contribution in [0.3, 0.4) is 0 Å². The average Bonchev–Trinajstić information content (AvgIpc) is 2.31. The highest BCUT2D eigenvalue weighted by atomic mass is 79.9. The van der Waals surface area contributed by atoms with E-state index in [-0.39, 0.29) is 11.5 Å². The van der Waals surface area contributed by atoms with Gasteiger partial charge in [-0.15, -0.1) is 0 Å². The molecule has 1 amide bonds. The van der Waals surface area contributed by atoms with Crippen molar-refractivity contribution in [3.8, 4) is 0 Å². The maximum atomic E-state index is 13.7. The van der Waals surface area contributed by atoms with Crippen LogP contribution in [0.2, 0.25) is 0 Å². The molecular formula is C14H17BrFNO. The Morgan fingerprint density at radius 1 is 1.11 bits per heavy atom. The molecule has 1 aromatic rings. The molecule has 1 saturated heterocycles. The fourth-order valence-corrected chi connectivity index (χ4v) is 2.64. The zero-order valence-corrected chi connectivity index (χ0v) is 11.9. The summed E-state index contributed by atoms with van der Waals surface area (Å²) in [5.74, 6) is -0.624. The third kappa shape index (κ3) is 3.31. The van der Waals surface area contributed by atoms with Crippen LogP contribution in [0.15, 0.2) is 22.7 Å². The number of likely N-dealkylation sites (tertiary alicyclic amines) is 1. The first-order valence-corrected chi connectivity index (χ1v) is 7.22. The molecule has 98 valence electrons. The molecule has 0 saturated carbocycles. The lowest BCUT2D eigenvalue weighted by Gasteiger charge is -2.25. The van der Waals surface area contributed by atoms with E-state index in [1.807, 2.05) is 0 Å². The van der Waals surface area contributed by atoms with E-state index in [1.165, 1.54) is 12.5 Å². The first-order valence-electron chi connectivity index (χ1n) is 6.43. The van der Waals surface area contributed by atoms with E-state index in [9.17, 15) is 9.18 Å². The lowest BCUT2D eigenvalue weighted by atomic mass is 10.1. The van der Waals surface area contributed by atoms with Gasteiger partial charge in [0.05, 0.1) is 5.56 Å². The fourth-order valence-electron chi connectivity index (χ4n) is 2.28. The van der Waals surface area contributed by atoms with Crippen molar-refractivity contribution in [2.75, 3.05) is 13.1 Å². The average molecular weight is 314 g/mol. The molecule has 1 aromatic carbocycles. The monoisotopic (exact) mass is 313 g/mol. The van der Waals surface area contributed by atoms with Crippen molar-refractivity contribution in [3.05, 3.63) is 34.1 Å². The van der Waals surface area contributed by atoms with Crippen molar-refractivity contribution >= 4 is 21.8 Å². The summed E-state index contributed by atoms with van der Waals surface area (Å²) in [5.41, 5.74) is 0.171. The predicted octanol–water partition coefficient (Wildman–Crippen LogP) is 3.99. The van der Waals surface area contributed by atoms with Gasteiger partial charge in [0.25, 0.3) is 5.91 Å². The lowest BCUT2D eigenvalue weighted by Crippen LogP contribution is -2.34. The third-order valence-electron chi connectivity index (χ3n) is 3.30. The number of nitrogens with zero attached hydrogens (tertiary/aromatic N) is 1. The summed E-state index contributed by atoms with van der Waals surface area (Å²) in [7, 11) is 0. The topological polar surface area (TPSA) is 20.3 Å². The Morgan fingerprint density at radius 3 is 2.39 bits per heavy atom. The van der Waals surface area contributed by atoms with Crippen molar-refractivity contribution in [2.24, 2.45) is 0 Å². The Bertz CT molecular complexity index is 428. The number of amides is 1. The SMILES string of the molecule is O=C(c1cc(Br)ccc1F)N1CCCCCCC1. The number of rotatable bonds is 1. The van der Waals surface area contributed by atoms with E-state index >= 15 is 0 Å². The zero-order chi connectivity index (χ0) is 13.0. The summed E-state index contributed by atoms with van der Waals surface area (Å²) in [6, 6.07) is 4.51. The molecule has 2 nitrogen and oxygen atoms in total. The van der Waals surface area contributed by atoms with Crippen molar-refractivity contribution in [2.45, 2.75) is 32.1 Å². The van der Waals surface area contributed by atoms with Gasteiger partial charge in [0.1, 0.15) is 5.82 Å². The molecule has 1 aliphatic heterocycles. The fraction of sp³-hybridized carbons (Fsp3) is 0.500. The first-order chi connectivity index (χ1) is 8.68. The maximum Gasteiger partial charge on any atom is 0.256 e. The van der Waals surface area contributed by atoms with Crippen molar-refractivity contribution < 1.29 is 9.18 Å². The van der Waals surface area contributed by atoms with Crippen molar-refractivity contribution in [1.82, 2.24) is 4.90 Å². The number of hydrogen-bond donors (Lipinski definition) is 0. The maximum absolute atomic E-state index is 13.7. The first kappa shape index (κ1) is 13.5. The minimum Gasteiger partial charge on any atom is -0.339 e. The highest BCUT2D eigenvalue weighted by Gasteiger charge is 2.19. The van der Waals surface area contributed by atoms with Gasteiger partial charge < -0.3 is 4.90 Å². The standard InChI is InChI=1S/C14H17BrFNO/c15-11-6-7-13(16)12(10-11)14(18)17-8-4-2-1-3-5-9-17/h6-7,10H,1-5,8-9H2. The highest BCUT2D eigenvalue weighted by Crippen LogP contribution is 2.19. The molecule has 18 heavy (non-hydrogen) atoms. The summed E-state index contributed by atoms with van der Waals surface area (Å²) in [6.45, 7) is 1.48. The minimum atomic E-state index is -0.440. The summed E-state index contributed by atoms with van der Waals surface area (Å²) in [5, 5.41) is 0. The van der Waals surface area contributed by atoms with E-state index in [4.69, 9.17) is 0 Å². The van der Waals surface area contributed by atoms with Gasteiger partial charge in [-0.05, 0) is 31.0 Å². The Balaban J connectivity index is 2.15. The van der Waals surface area contributed by atoms with E-state index in [0.29, 0.717) is 0 Å². The number of benzene rings is 1. The summed E-state index contributed by atoms with van der Waals surface area (Å²) in [6.07, 6.45) is 5.59. The molecule has 0 unspecified atom stereocenters. The molecule has 0 aliphatic carbocycles. The van der Waals surface area contributed by atoms with Crippen molar-refractivity contribution in [1.29, 1.82) is 0 Å². The smallest absolute Gasteiger partial charge is 0.256 e. The van der Waals surface area contributed by atoms with Crippen LogP contribution in [0, 0.1) is 5.82 Å². The van der Waals surface area contributed by atoms with Gasteiger partial charge in [-0.2, -0.15) is 0 Å². The Kier molecular flexibility index (Phi) is 4.75. The van der Waals surface area contributed by atoms with Crippen LogP contribution < -0.4 is 0 Å². The third-order valence-corrected chi connectivity index (χ3v) is 3.80. The molecule has 0 spiro atoms. The van der Waals surface area contributed by atoms with Gasteiger partial charge in [-0.25, -0.2) is 4.39 Å². The number of hydrogen-bond acceptors (Lipinski definition) is 1. The predicted molar refractivity (Wildman–Crippen MR) is 73.1 cm³/mol. The van der Waals surface area contributed by atoms with E-state index in [2.05, 4.69) is 15.9 Å². The minimum absolute atomic E-state index is 0.171. The molecule has 0 atom stereocenters. The molecule has 0 N–H and O–H groups in total. The summed E-state index contributed by atoms with van der Waals surface area (Å²) >= 11 is 3.28. The molecule has 1 aliphatic rings. The number of carbonyl (C=O) groups is 1. The van der Waals surface area contributed by atoms with Crippen LogP contribution in [0.1, 0.15) is 42.5 Å². The summed E-state index contributed by atoms with van der Waals surface area (Å²) in [4.78, 5) is 14.1. The van der Waals surface area contributed by atoms with Crippen molar-refractivity contribution in [3.63, 3.8) is 0 Å². The second-order valence-corrected chi connectivity index (χ2v) is 5.60. The zero-order valence-electron chi connectivity index (χ0n) is 10.3.